The normalized spacial score (nSPS) is 13.8. The van der Waals surface area contributed by atoms with Gasteiger partial charge in [0.15, 0.2) is 11.6 Å². The first kappa shape index (κ1) is 41.6. The molecule has 0 atom stereocenters. The molecule has 0 aromatic carbocycles. The molecular weight excluding hydrogens is 618 g/mol. The Morgan fingerprint density at radius 2 is 0.590 bits per heavy atom. The zero-order valence-electron chi connectivity index (χ0n) is 20.7. The molecule has 0 saturated carbocycles. The molecule has 0 saturated heterocycles. The van der Waals surface area contributed by atoms with Gasteiger partial charge in [0.25, 0.3) is 11.6 Å². The summed E-state index contributed by atoms with van der Waals surface area (Å²) in [5.74, 6) is -31.8. The fraction of sp³-hybridized carbons (Fsp3) is 0.700. The minimum absolute atomic E-state index is 0. The molecule has 39 heavy (non-hydrogen) atoms. The molecule has 0 unspecified atom stereocenters. The van der Waals surface area contributed by atoms with Crippen molar-refractivity contribution in [2.24, 2.45) is 10.8 Å². The van der Waals surface area contributed by atoms with Gasteiger partial charge in [0, 0.05) is 32.5 Å². The molecule has 4 nitrogen and oxygen atoms in total. The standard InChI is InChI=1S/2C10H10F7O2.Ti/c2*1-7(2,3)5(18)4-6(19)8(11,12)9(13,14)10(15,16)17;/h2*4H,1-3H3;/q2*-1;/p+4. The van der Waals surface area contributed by atoms with Crippen molar-refractivity contribution in [3.63, 3.8) is 0 Å². The Morgan fingerprint density at radius 1 is 0.410 bits per heavy atom. The van der Waals surface area contributed by atoms with E-state index in [0.29, 0.717) is 0 Å². The zero-order valence-corrected chi connectivity index (χ0v) is 22.3. The SMILES string of the molecule is CC(C)(C)C(=[OH+])[CH-]C(=[OH+])C(F)(F)C(F)(F)C(F)(F)F.CC(C)(C)C(=[OH+])[CH-]C(=[OH+])C(F)(F)C(F)(F)C(F)(F)F.[Ti]. The molecule has 0 radical (unpaired) electrons. The van der Waals surface area contributed by atoms with Gasteiger partial charge in [0.1, 0.15) is 0 Å². The molecule has 0 amide bonds. The van der Waals surface area contributed by atoms with Gasteiger partial charge in [-0.3, -0.25) is 0 Å². The summed E-state index contributed by atoms with van der Waals surface area (Å²) in [6, 6.07) is 0. The summed E-state index contributed by atoms with van der Waals surface area (Å²) in [6.45, 7) is 7.62. The smallest absolute Gasteiger partial charge is 0.315 e. The topological polar surface area (TPSA) is 85.6 Å². The van der Waals surface area contributed by atoms with Crippen LogP contribution >= 0.6 is 0 Å². The number of carbonyl (C=O) groups excluding carboxylic acids is 4. The van der Waals surface area contributed by atoms with E-state index in [1.54, 1.807) is 0 Å². The minimum Gasteiger partial charge on any atom is -0.315 e. The minimum atomic E-state index is -6.55. The number of ketones is 4. The second kappa shape index (κ2) is 12.3. The van der Waals surface area contributed by atoms with Crippen LogP contribution in [0, 0.1) is 23.7 Å². The molecule has 0 heterocycles. The van der Waals surface area contributed by atoms with E-state index in [1.165, 1.54) is 41.5 Å². The Kier molecular flexibility index (Phi) is 13.2. The van der Waals surface area contributed by atoms with Crippen molar-refractivity contribution in [2.45, 2.75) is 77.6 Å². The van der Waals surface area contributed by atoms with E-state index in [0.717, 1.165) is 0 Å². The zero-order chi connectivity index (χ0) is 31.7. The molecule has 0 aliphatic heterocycles. The monoisotopic (exact) mass is 642 g/mol. The molecule has 0 rings (SSSR count). The Balaban J connectivity index is -0.000000648. The summed E-state index contributed by atoms with van der Waals surface area (Å²) >= 11 is 0. The van der Waals surface area contributed by atoms with Crippen LogP contribution in [0.1, 0.15) is 41.5 Å². The van der Waals surface area contributed by atoms with Crippen molar-refractivity contribution >= 4 is 23.1 Å². The van der Waals surface area contributed by atoms with Crippen molar-refractivity contribution in [3.05, 3.63) is 12.8 Å². The molecule has 19 heteroatoms. The molecule has 0 aliphatic carbocycles. The largest absolute Gasteiger partial charge is 0.460 e. The van der Waals surface area contributed by atoms with Crippen molar-refractivity contribution in [1.82, 2.24) is 0 Å². The Hall–Kier alpha value is -1.85. The van der Waals surface area contributed by atoms with Crippen LogP contribution in [-0.2, 0) is 21.7 Å². The number of hydrogen-bond acceptors (Lipinski definition) is 0. The third kappa shape index (κ3) is 9.64. The molecule has 228 valence electrons. The first-order valence-corrected chi connectivity index (χ1v) is 9.69. The molecule has 0 aromatic rings. The van der Waals surface area contributed by atoms with Crippen molar-refractivity contribution in [2.75, 3.05) is 0 Å². The Morgan fingerprint density at radius 3 is 0.718 bits per heavy atom. The summed E-state index contributed by atoms with van der Waals surface area (Å²) in [6.07, 6.45) is -13.5. The summed E-state index contributed by atoms with van der Waals surface area (Å²) in [5.41, 5.74) is -2.42. The fourth-order valence-electron chi connectivity index (χ4n) is 1.55. The van der Waals surface area contributed by atoms with Gasteiger partial charge in [0.2, 0.25) is 0 Å². The van der Waals surface area contributed by atoms with E-state index < -0.39 is 70.0 Å². The predicted molar refractivity (Wildman–Crippen MR) is 107 cm³/mol. The number of halogens is 14. The maximum absolute atomic E-state index is 12.9. The van der Waals surface area contributed by atoms with Gasteiger partial charge < -0.3 is 19.2 Å². The van der Waals surface area contributed by atoms with E-state index in [2.05, 4.69) is 0 Å². The third-order valence-corrected chi connectivity index (χ3v) is 4.23. The maximum Gasteiger partial charge on any atom is 0.460 e. The Labute approximate surface area is 227 Å². The van der Waals surface area contributed by atoms with Gasteiger partial charge >= 0.3 is 36.0 Å². The molecule has 0 aromatic heterocycles. The molecule has 0 fully saturated rings. The van der Waals surface area contributed by atoms with E-state index in [9.17, 15) is 71.1 Å². The van der Waals surface area contributed by atoms with Crippen molar-refractivity contribution < 1.29 is 102 Å². The second-order valence-electron chi connectivity index (χ2n) is 9.62. The summed E-state index contributed by atoms with van der Waals surface area (Å²) < 4.78 is 173. The third-order valence-electron chi connectivity index (χ3n) is 4.23. The quantitative estimate of drug-likeness (QED) is 0.0977. The Bertz CT molecular complexity index is 833. The van der Waals surface area contributed by atoms with Crippen molar-refractivity contribution in [3.8, 4) is 0 Å². The summed E-state index contributed by atoms with van der Waals surface area (Å²) in [5, 5.41) is 0. The fourth-order valence-corrected chi connectivity index (χ4v) is 1.55. The first-order valence-electron chi connectivity index (χ1n) is 9.69. The van der Waals surface area contributed by atoms with Gasteiger partial charge in [-0.1, -0.05) is 41.5 Å². The van der Waals surface area contributed by atoms with Crippen molar-refractivity contribution in [1.29, 1.82) is 0 Å². The van der Waals surface area contributed by atoms with Crippen LogP contribution in [0.25, 0.3) is 0 Å². The summed E-state index contributed by atoms with van der Waals surface area (Å²) in [7, 11) is 0. The van der Waals surface area contributed by atoms with Crippen LogP contribution < -0.4 is 0 Å². The molecule has 0 bridgehead atoms. The van der Waals surface area contributed by atoms with Crippen LogP contribution in [0.15, 0.2) is 0 Å². The van der Waals surface area contributed by atoms with Crippen LogP contribution in [0.5, 0.6) is 0 Å². The average Bonchev–Trinajstić information content (AvgIpc) is 2.64. The van der Waals surface area contributed by atoms with Gasteiger partial charge in [-0.05, 0) is 0 Å². The summed E-state index contributed by atoms with van der Waals surface area (Å²) in [4.78, 5) is 35.9. The van der Waals surface area contributed by atoms with Gasteiger partial charge in [0.05, 0.1) is 0 Å². The van der Waals surface area contributed by atoms with Crippen LogP contribution in [0.2, 0.25) is 0 Å². The molecular formula is C20H24F14O4Ti+2. The number of rotatable bonds is 8. The molecule has 0 spiro atoms. The van der Waals surface area contributed by atoms with Gasteiger partial charge in [-0.15, -0.1) is 12.8 Å². The van der Waals surface area contributed by atoms with Crippen LogP contribution in [0.3, 0.4) is 0 Å². The average molecular weight is 642 g/mol. The van der Waals surface area contributed by atoms with Gasteiger partial charge in [-0.25, -0.2) is 0 Å². The van der Waals surface area contributed by atoms with Gasteiger partial charge in [-0.2, -0.15) is 61.5 Å². The van der Waals surface area contributed by atoms with E-state index in [4.69, 9.17) is 9.59 Å². The molecule has 4 N–H and O–H groups in total. The van der Waals surface area contributed by atoms with E-state index in [-0.39, 0.29) is 34.6 Å². The van der Waals surface area contributed by atoms with E-state index in [1.807, 2.05) is 0 Å². The molecule has 0 aliphatic rings. The van der Waals surface area contributed by atoms with Crippen LogP contribution in [-0.4, -0.2) is 78.4 Å². The number of alkyl halides is 14. The maximum atomic E-state index is 12.9. The van der Waals surface area contributed by atoms with Crippen LogP contribution in [0.4, 0.5) is 61.5 Å². The van der Waals surface area contributed by atoms with E-state index >= 15 is 0 Å². The second-order valence-corrected chi connectivity index (χ2v) is 9.62. The first-order chi connectivity index (χ1) is 16.1. The number of hydrogen-bond donors (Lipinski definition) is 0. The predicted octanol–water partition coefficient (Wildman–Crippen LogP) is 6.32.